The number of ether oxygens (including phenoxy) is 1. The normalized spacial score (nSPS) is 10.2. The first kappa shape index (κ1) is 13.6. The van der Waals surface area contributed by atoms with Gasteiger partial charge in [0.1, 0.15) is 12.4 Å². The zero-order valence-electron chi connectivity index (χ0n) is 10.4. The molecule has 0 bridgehead atoms. The molecule has 0 fully saturated rings. The van der Waals surface area contributed by atoms with Crippen LogP contribution in [0.25, 0.3) is 0 Å². The second-order valence-electron chi connectivity index (χ2n) is 4.18. The van der Waals surface area contributed by atoms with E-state index < -0.39 is 5.97 Å². The van der Waals surface area contributed by atoms with Crippen molar-refractivity contribution in [2.24, 2.45) is 0 Å². The first-order chi connectivity index (χ1) is 9.08. The quantitative estimate of drug-likeness (QED) is 0.924. The summed E-state index contributed by atoms with van der Waals surface area (Å²) in [6.45, 7) is 2.20. The molecule has 2 rings (SSSR count). The largest absolute Gasteiger partial charge is 0.488 e. The Bertz CT molecular complexity index is 594. The average Bonchev–Trinajstić information content (AvgIpc) is 2.40. The molecule has 0 heterocycles. The highest BCUT2D eigenvalue weighted by Crippen LogP contribution is 2.29. The van der Waals surface area contributed by atoms with Gasteiger partial charge >= 0.3 is 5.97 Å². The fraction of sp³-hybridized carbons (Fsp3) is 0.133. The van der Waals surface area contributed by atoms with E-state index in [9.17, 15) is 4.79 Å². The highest BCUT2D eigenvalue weighted by molar-refractivity contribution is 9.10. The van der Waals surface area contributed by atoms with Crippen molar-refractivity contribution in [1.29, 1.82) is 0 Å². The number of aromatic carboxylic acids is 1. The van der Waals surface area contributed by atoms with Crippen LogP contribution < -0.4 is 4.74 Å². The SMILES string of the molecule is Cc1cc(OCc2ccccc2)c(Br)cc1C(=O)O. The minimum absolute atomic E-state index is 0.277. The molecule has 0 saturated heterocycles. The van der Waals surface area contributed by atoms with E-state index in [4.69, 9.17) is 9.84 Å². The lowest BCUT2D eigenvalue weighted by Gasteiger charge is -2.11. The minimum Gasteiger partial charge on any atom is -0.488 e. The highest BCUT2D eigenvalue weighted by atomic mass is 79.9. The van der Waals surface area contributed by atoms with Crippen molar-refractivity contribution >= 4 is 21.9 Å². The number of hydrogen-bond donors (Lipinski definition) is 1. The number of carbonyl (C=O) groups is 1. The molecular weight excluding hydrogens is 308 g/mol. The lowest BCUT2D eigenvalue weighted by Crippen LogP contribution is -2.02. The van der Waals surface area contributed by atoms with Crippen molar-refractivity contribution in [2.75, 3.05) is 0 Å². The van der Waals surface area contributed by atoms with Crippen LogP contribution in [0.4, 0.5) is 0 Å². The van der Waals surface area contributed by atoms with Crippen LogP contribution in [0.15, 0.2) is 46.9 Å². The van der Waals surface area contributed by atoms with Gasteiger partial charge < -0.3 is 9.84 Å². The van der Waals surface area contributed by atoms with Crippen molar-refractivity contribution in [1.82, 2.24) is 0 Å². The molecule has 1 N–H and O–H groups in total. The molecule has 4 heteroatoms. The molecular formula is C15H13BrO3. The fourth-order valence-electron chi connectivity index (χ4n) is 1.73. The number of halogens is 1. The molecule has 0 aromatic heterocycles. The molecule has 0 saturated carbocycles. The van der Waals surface area contributed by atoms with Crippen molar-refractivity contribution in [3.8, 4) is 5.75 Å². The average molecular weight is 321 g/mol. The van der Waals surface area contributed by atoms with Crippen LogP contribution in [-0.4, -0.2) is 11.1 Å². The Morgan fingerprint density at radius 2 is 1.95 bits per heavy atom. The number of benzene rings is 2. The van der Waals surface area contributed by atoms with Gasteiger partial charge in [-0.25, -0.2) is 4.79 Å². The van der Waals surface area contributed by atoms with Gasteiger partial charge in [-0.05, 0) is 46.1 Å². The first-order valence-electron chi connectivity index (χ1n) is 5.78. The van der Waals surface area contributed by atoms with E-state index in [1.807, 2.05) is 30.3 Å². The summed E-state index contributed by atoms with van der Waals surface area (Å²) in [6, 6.07) is 13.1. The number of rotatable bonds is 4. The second kappa shape index (κ2) is 5.89. The Morgan fingerprint density at radius 1 is 1.26 bits per heavy atom. The Balaban J connectivity index is 2.17. The maximum absolute atomic E-state index is 11.0. The van der Waals surface area contributed by atoms with Gasteiger partial charge in [-0.2, -0.15) is 0 Å². The molecule has 0 unspecified atom stereocenters. The molecule has 0 aliphatic heterocycles. The summed E-state index contributed by atoms with van der Waals surface area (Å²) >= 11 is 3.33. The topological polar surface area (TPSA) is 46.5 Å². The Kier molecular flexibility index (Phi) is 4.22. The van der Waals surface area contributed by atoms with Gasteiger partial charge in [-0.3, -0.25) is 0 Å². The summed E-state index contributed by atoms with van der Waals surface area (Å²) in [5, 5.41) is 9.03. The van der Waals surface area contributed by atoms with Crippen molar-refractivity contribution in [3.05, 3.63) is 63.6 Å². The molecule has 0 radical (unpaired) electrons. The summed E-state index contributed by atoms with van der Waals surface area (Å²) in [5.74, 6) is -0.292. The lowest BCUT2D eigenvalue weighted by atomic mass is 10.1. The van der Waals surface area contributed by atoms with E-state index in [2.05, 4.69) is 15.9 Å². The summed E-state index contributed by atoms with van der Waals surface area (Å²) in [5.41, 5.74) is 2.02. The minimum atomic E-state index is -0.937. The van der Waals surface area contributed by atoms with Crippen molar-refractivity contribution < 1.29 is 14.6 Å². The van der Waals surface area contributed by atoms with Crippen LogP contribution in [0.2, 0.25) is 0 Å². The van der Waals surface area contributed by atoms with E-state index in [0.29, 0.717) is 22.4 Å². The number of aryl methyl sites for hydroxylation is 1. The van der Waals surface area contributed by atoms with Crippen molar-refractivity contribution in [2.45, 2.75) is 13.5 Å². The molecule has 3 nitrogen and oxygen atoms in total. The van der Waals surface area contributed by atoms with Crippen LogP contribution in [0.1, 0.15) is 21.5 Å². The van der Waals surface area contributed by atoms with Gasteiger partial charge in [-0.15, -0.1) is 0 Å². The molecule has 0 amide bonds. The molecule has 98 valence electrons. The third-order valence-electron chi connectivity index (χ3n) is 2.75. The Morgan fingerprint density at radius 3 is 2.58 bits per heavy atom. The third kappa shape index (κ3) is 3.35. The summed E-state index contributed by atoms with van der Waals surface area (Å²) < 4.78 is 6.34. The number of hydrogen-bond acceptors (Lipinski definition) is 2. The second-order valence-corrected chi connectivity index (χ2v) is 5.03. The Hall–Kier alpha value is -1.81. The molecule has 19 heavy (non-hydrogen) atoms. The van der Waals surface area contributed by atoms with Crippen LogP contribution >= 0.6 is 15.9 Å². The molecule has 2 aromatic carbocycles. The van der Waals surface area contributed by atoms with Crippen LogP contribution in [0.3, 0.4) is 0 Å². The van der Waals surface area contributed by atoms with Crippen molar-refractivity contribution in [3.63, 3.8) is 0 Å². The van der Waals surface area contributed by atoms with Gasteiger partial charge in [0.25, 0.3) is 0 Å². The van der Waals surface area contributed by atoms with Crippen LogP contribution in [0.5, 0.6) is 5.75 Å². The summed E-state index contributed by atoms with van der Waals surface area (Å²) in [4.78, 5) is 11.0. The zero-order valence-corrected chi connectivity index (χ0v) is 12.0. The Labute approximate surface area is 120 Å². The highest BCUT2D eigenvalue weighted by Gasteiger charge is 2.11. The van der Waals surface area contributed by atoms with E-state index in [-0.39, 0.29) is 5.56 Å². The van der Waals surface area contributed by atoms with Gasteiger partial charge in [0, 0.05) is 0 Å². The van der Waals surface area contributed by atoms with E-state index in [0.717, 1.165) is 5.56 Å². The summed E-state index contributed by atoms with van der Waals surface area (Å²) in [7, 11) is 0. The third-order valence-corrected chi connectivity index (χ3v) is 3.37. The fourth-order valence-corrected chi connectivity index (χ4v) is 2.19. The van der Waals surface area contributed by atoms with Crippen LogP contribution in [0, 0.1) is 6.92 Å². The van der Waals surface area contributed by atoms with Gasteiger partial charge in [0.15, 0.2) is 0 Å². The van der Waals surface area contributed by atoms with E-state index >= 15 is 0 Å². The first-order valence-corrected chi connectivity index (χ1v) is 6.57. The van der Waals surface area contributed by atoms with E-state index in [1.54, 1.807) is 19.1 Å². The molecule has 0 spiro atoms. The van der Waals surface area contributed by atoms with Gasteiger partial charge in [-0.1, -0.05) is 30.3 Å². The molecule has 0 aliphatic carbocycles. The van der Waals surface area contributed by atoms with Crippen LogP contribution in [-0.2, 0) is 6.61 Å². The maximum atomic E-state index is 11.0. The number of carboxylic acid groups (broad SMARTS) is 1. The zero-order chi connectivity index (χ0) is 13.8. The predicted molar refractivity (Wildman–Crippen MR) is 76.6 cm³/mol. The predicted octanol–water partition coefficient (Wildman–Crippen LogP) is 4.03. The van der Waals surface area contributed by atoms with Gasteiger partial charge in [0.2, 0.25) is 0 Å². The molecule has 0 atom stereocenters. The number of carboxylic acids is 1. The standard InChI is InChI=1S/C15H13BrO3/c1-10-7-14(13(16)8-12(10)15(17)18)19-9-11-5-3-2-4-6-11/h2-8H,9H2,1H3,(H,17,18). The molecule has 0 aliphatic rings. The van der Waals surface area contributed by atoms with E-state index in [1.165, 1.54) is 0 Å². The smallest absolute Gasteiger partial charge is 0.335 e. The lowest BCUT2D eigenvalue weighted by molar-refractivity contribution is 0.0696. The summed E-state index contributed by atoms with van der Waals surface area (Å²) in [6.07, 6.45) is 0. The monoisotopic (exact) mass is 320 g/mol. The van der Waals surface area contributed by atoms with Gasteiger partial charge in [0.05, 0.1) is 10.0 Å². The maximum Gasteiger partial charge on any atom is 0.335 e. The molecule has 2 aromatic rings.